The summed E-state index contributed by atoms with van der Waals surface area (Å²) in [5.74, 6) is 10.3. The second kappa shape index (κ2) is 11.0. The lowest BCUT2D eigenvalue weighted by atomic mass is 9.45. The molecule has 3 unspecified atom stereocenters. The average molecular weight is 763 g/mol. The highest BCUT2D eigenvalue weighted by molar-refractivity contribution is 6.05. The zero-order valence-electron chi connectivity index (χ0n) is 35.2. The van der Waals surface area contributed by atoms with Crippen LogP contribution in [0.5, 0.6) is 11.5 Å². The number of rotatable bonds is 3. The Labute approximate surface area is 341 Å². The quantitative estimate of drug-likeness (QED) is 0.312. The van der Waals surface area contributed by atoms with E-state index in [-0.39, 0.29) is 22.2 Å². The van der Waals surface area contributed by atoms with Crippen LogP contribution >= 0.6 is 0 Å². The number of Topliss-reactive ketones (excluding diaryl/α,β-unsaturated/α-hetero) is 1. The van der Waals surface area contributed by atoms with Crippen LogP contribution in [0, 0.1) is 78.4 Å². The minimum absolute atomic E-state index is 0.00779. The highest BCUT2D eigenvalue weighted by Gasteiger charge is 2.67. The molecule has 17 rings (SSSR count). The van der Waals surface area contributed by atoms with Gasteiger partial charge in [-0.15, -0.1) is 0 Å². The molecule has 0 aromatic heterocycles. The first-order valence-corrected chi connectivity index (χ1v) is 24.4. The standard InChI is InChI=1S/C54H66O3/c1-30-6-41-4-5-54(57-47(41)43(8-30)51-20-32-10-33(21-51)12-34(11-32)22-51)46-19-42-7-31(2)9-44(52-23-35-13-36(24-52)15-37(14-35)25-52)48(42)56-50(46,3)29-45(49(54)55)53-26-38-16-39(27-53)18-40(17-38)28-53/h6-9,29,32-40,46H,4-5,10-28H2,1-3H3. The second-order valence-electron chi connectivity index (χ2n) is 24.6. The molecular formula is C54H66O3. The maximum atomic E-state index is 16.3. The first kappa shape index (κ1) is 34.2. The van der Waals surface area contributed by atoms with Gasteiger partial charge in [0.05, 0.1) is 5.92 Å². The van der Waals surface area contributed by atoms with Gasteiger partial charge in [0, 0.05) is 16.7 Å². The van der Waals surface area contributed by atoms with Crippen molar-refractivity contribution >= 4 is 5.78 Å². The van der Waals surface area contributed by atoms with Crippen LogP contribution in [0.25, 0.3) is 0 Å². The molecule has 300 valence electrons. The van der Waals surface area contributed by atoms with E-state index < -0.39 is 11.2 Å². The van der Waals surface area contributed by atoms with E-state index in [1.807, 2.05) is 0 Å². The van der Waals surface area contributed by atoms with E-state index >= 15 is 4.79 Å². The summed E-state index contributed by atoms with van der Waals surface area (Å²) in [6, 6.07) is 10.00. The molecule has 3 heteroatoms. The van der Waals surface area contributed by atoms with Crippen LogP contribution in [0.4, 0.5) is 0 Å². The van der Waals surface area contributed by atoms with Crippen molar-refractivity contribution in [2.45, 2.75) is 178 Å². The smallest absolute Gasteiger partial charge is 0.203 e. The van der Waals surface area contributed by atoms with Gasteiger partial charge in [-0.3, -0.25) is 4.79 Å². The van der Waals surface area contributed by atoms with Crippen LogP contribution in [0.3, 0.4) is 0 Å². The first-order valence-electron chi connectivity index (χ1n) is 24.4. The highest BCUT2D eigenvalue weighted by Crippen LogP contribution is 2.69. The van der Waals surface area contributed by atoms with E-state index in [4.69, 9.17) is 9.47 Å². The summed E-state index contributed by atoms with van der Waals surface area (Å²) < 4.78 is 15.9. The van der Waals surface area contributed by atoms with Crippen molar-refractivity contribution in [2.75, 3.05) is 0 Å². The van der Waals surface area contributed by atoms with Crippen molar-refractivity contribution < 1.29 is 14.3 Å². The van der Waals surface area contributed by atoms with Crippen molar-refractivity contribution in [2.24, 2.45) is 64.6 Å². The van der Waals surface area contributed by atoms with Gasteiger partial charge in [-0.25, -0.2) is 0 Å². The third-order valence-electron chi connectivity index (χ3n) is 20.6. The van der Waals surface area contributed by atoms with Gasteiger partial charge < -0.3 is 9.47 Å². The number of carbonyl (C=O) groups is 1. The first-order chi connectivity index (χ1) is 27.5. The van der Waals surface area contributed by atoms with E-state index in [2.05, 4.69) is 51.1 Å². The van der Waals surface area contributed by atoms with Gasteiger partial charge in [0.1, 0.15) is 17.1 Å². The van der Waals surface area contributed by atoms with E-state index in [0.29, 0.717) is 5.78 Å². The minimum atomic E-state index is -0.899. The molecule has 0 saturated heterocycles. The number of fused-ring (bicyclic) bond motifs is 4. The molecule has 3 atom stereocenters. The summed E-state index contributed by atoms with van der Waals surface area (Å²) in [5, 5.41) is 0. The maximum absolute atomic E-state index is 16.3. The molecular weight excluding hydrogens is 697 g/mol. The highest BCUT2D eigenvalue weighted by atomic mass is 16.5. The van der Waals surface area contributed by atoms with Crippen LogP contribution in [0.2, 0.25) is 0 Å². The Kier molecular flexibility index (Phi) is 6.62. The van der Waals surface area contributed by atoms with Crippen molar-refractivity contribution in [1.29, 1.82) is 0 Å². The summed E-state index contributed by atoms with van der Waals surface area (Å²) in [4.78, 5) is 16.3. The Morgan fingerprint density at radius 1 is 0.526 bits per heavy atom. The van der Waals surface area contributed by atoms with Crippen molar-refractivity contribution in [3.8, 4) is 11.5 Å². The molecule has 3 nitrogen and oxygen atoms in total. The SMILES string of the molecule is Cc1cc2c(c(C34CC5CC(CC(C5)C3)C4)c1)OC1(C)C=C(C34CC5CC(CC(C5)C3)C4)C(=O)C3(CCc4cc(C)cc(C56CC7CC(CC(C7)C5)C6)c4O3)C1C2. The third-order valence-corrected chi connectivity index (χ3v) is 20.6. The number of benzene rings is 2. The Balaban J connectivity index is 0.941. The zero-order chi connectivity index (χ0) is 37.8. The van der Waals surface area contributed by atoms with Crippen LogP contribution in [0.15, 0.2) is 35.9 Å². The van der Waals surface area contributed by atoms with Gasteiger partial charge in [0.2, 0.25) is 5.78 Å². The molecule has 0 N–H and O–H groups in total. The van der Waals surface area contributed by atoms with Gasteiger partial charge >= 0.3 is 0 Å². The molecule has 2 aliphatic heterocycles. The molecule has 2 heterocycles. The Bertz CT molecular complexity index is 2060. The zero-order valence-corrected chi connectivity index (χ0v) is 35.2. The number of ether oxygens (including phenoxy) is 2. The molecule has 13 aliphatic carbocycles. The fraction of sp³-hybridized carbons (Fsp3) is 0.722. The predicted molar refractivity (Wildman–Crippen MR) is 224 cm³/mol. The average Bonchev–Trinajstić information content (AvgIpc) is 3.14. The van der Waals surface area contributed by atoms with E-state index in [1.54, 1.807) is 5.56 Å². The third kappa shape index (κ3) is 4.60. The van der Waals surface area contributed by atoms with Crippen LogP contribution < -0.4 is 9.47 Å². The number of carbonyl (C=O) groups excluding carboxylic acids is 1. The summed E-state index contributed by atoms with van der Waals surface area (Å²) in [6.45, 7) is 7.08. The lowest BCUT2D eigenvalue weighted by Gasteiger charge is -2.62. The molecule has 1 spiro atoms. The van der Waals surface area contributed by atoms with E-state index in [1.165, 1.54) is 149 Å². The molecule has 12 fully saturated rings. The summed E-state index contributed by atoms with van der Waals surface area (Å²) in [6.07, 6.45) is 29.6. The molecule has 12 saturated carbocycles. The lowest BCUT2D eigenvalue weighted by Crippen LogP contribution is -2.68. The summed E-state index contributed by atoms with van der Waals surface area (Å²) >= 11 is 0. The van der Waals surface area contributed by atoms with Crippen molar-refractivity contribution in [3.05, 3.63) is 69.3 Å². The molecule has 12 bridgehead atoms. The van der Waals surface area contributed by atoms with Crippen LogP contribution in [-0.2, 0) is 28.5 Å². The van der Waals surface area contributed by atoms with Crippen molar-refractivity contribution in [3.63, 3.8) is 0 Å². The molecule has 0 amide bonds. The predicted octanol–water partition coefficient (Wildman–Crippen LogP) is 12.0. The second-order valence-corrected chi connectivity index (χ2v) is 24.6. The van der Waals surface area contributed by atoms with E-state index in [0.717, 1.165) is 83.8 Å². The van der Waals surface area contributed by atoms with Gasteiger partial charge in [-0.05, 0) is 242 Å². The molecule has 57 heavy (non-hydrogen) atoms. The monoisotopic (exact) mass is 763 g/mol. The molecule has 0 radical (unpaired) electrons. The Morgan fingerprint density at radius 3 is 1.39 bits per heavy atom. The largest absolute Gasteiger partial charge is 0.482 e. The fourth-order valence-electron chi connectivity index (χ4n) is 19.9. The number of hydrogen-bond donors (Lipinski definition) is 0. The van der Waals surface area contributed by atoms with Gasteiger partial charge in [-0.2, -0.15) is 0 Å². The molecule has 15 aliphatic rings. The summed E-state index contributed by atoms with van der Waals surface area (Å²) in [7, 11) is 0. The van der Waals surface area contributed by atoms with Gasteiger partial charge in [-0.1, -0.05) is 35.4 Å². The topological polar surface area (TPSA) is 35.5 Å². The fourth-order valence-corrected chi connectivity index (χ4v) is 19.9. The number of hydrogen-bond acceptors (Lipinski definition) is 3. The maximum Gasteiger partial charge on any atom is 0.203 e. The van der Waals surface area contributed by atoms with Crippen LogP contribution in [0.1, 0.15) is 162 Å². The summed E-state index contributed by atoms with van der Waals surface area (Å²) in [5.41, 5.74) is 8.66. The van der Waals surface area contributed by atoms with Crippen LogP contribution in [-0.4, -0.2) is 17.0 Å². The normalized spacial score (nSPS) is 50.0. The Morgan fingerprint density at radius 2 is 0.930 bits per heavy atom. The van der Waals surface area contributed by atoms with Gasteiger partial charge in [0.25, 0.3) is 0 Å². The van der Waals surface area contributed by atoms with Crippen molar-refractivity contribution in [1.82, 2.24) is 0 Å². The number of aryl methyl sites for hydroxylation is 3. The molecule has 2 aromatic rings. The Hall–Kier alpha value is -2.55. The van der Waals surface area contributed by atoms with Gasteiger partial charge in [0.15, 0.2) is 5.60 Å². The minimum Gasteiger partial charge on any atom is -0.482 e. The number of ketones is 1. The van der Waals surface area contributed by atoms with E-state index in [9.17, 15) is 0 Å². The molecule has 2 aromatic carbocycles. The lowest BCUT2D eigenvalue weighted by molar-refractivity contribution is -0.156.